The minimum absolute atomic E-state index is 0.118. The van der Waals surface area contributed by atoms with E-state index in [1.165, 1.54) is 20.0 Å². The van der Waals surface area contributed by atoms with Crippen LogP contribution in [-0.2, 0) is 0 Å². The summed E-state index contributed by atoms with van der Waals surface area (Å²) in [5, 5.41) is 3.48. The molecule has 5 heteroatoms. The van der Waals surface area contributed by atoms with Crippen molar-refractivity contribution in [2.24, 2.45) is 0 Å². The molecule has 19 heavy (non-hydrogen) atoms. The number of benzene rings is 1. The summed E-state index contributed by atoms with van der Waals surface area (Å²) in [5.74, 6) is 0.388. The number of carbonyl (C=O) groups excluding carboxylic acids is 1. The first-order valence-corrected chi connectivity index (χ1v) is 6.92. The van der Waals surface area contributed by atoms with E-state index in [0.717, 1.165) is 19.6 Å². The zero-order valence-corrected chi connectivity index (χ0v) is 11.9. The Labute approximate surface area is 118 Å². The fraction of sp³-hybridized carbons (Fsp3) is 0.500. The quantitative estimate of drug-likeness (QED) is 0.900. The van der Waals surface area contributed by atoms with E-state index in [2.05, 4.69) is 10.2 Å². The molecule has 0 atom stereocenters. The average molecular weight is 283 g/mol. The van der Waals surface area contributed by atoms with E-state index in [-0.39, 0.29) is 5.91 Å². The van der Waals surface area contributed by atoms with E-state index in [1.807, 2.05) is 0 Å². The first-order chi connectivity index (χ1) is 9.20. The van der Waals surface area contributed by atoms with Gasteiger partial charge in [-0.2, -0.15) is 0 Å². The van der Waals surface area contributed by atoms with Crippen LogP contribution in [0.25, 0.3) is 0 Å². The number of methoxy groups -OCH3 is 1. The Morgan fingerprint density at radius 2 is 2.16 bits per heavy atom. The fourth-order valence-corrected chi connectivity index (χ4v) is 2.44. The average Bonchev–Trinajstić information content (AvgIpc) is 2.91. The second-order valence-electron chi connectivity index (χ2n) is 4.65. The Morgan fingerprint density at radius 3 is 2.84 bits per heavy atom. The Bertz CT molecular complexity index is 445. The van der Waals surface area contributed by atoms with Crippen LogP contribution in [0.4, 0.5) is 0 Å². The monoisotopic (exact) mass is 282 g/mol. The molecular weight excluding hydrogens is 264 g/mol. The highest BCUT2D eigenvalue weighted by Crippen LogP contribution is 2.22. The molecule has 0 radical (unpaired) electrons. The van der Waals surface area contributed by atoms with Crippen LogP contribution in [0, 0.1) is 0 Å². The lowest BCUT2D eigenvalue weighted by Gasteiger charge is -2.15. The van der Waals surface area contributed by atoms with E-state index in [4.69, 9.17) is 16.3 Å². The van der Waals surface area contributed by atoms with Crippen LogP contribution in [0.2, 0.25) is 5.02 Å². The molecule has 1 aromatic rings. The molecule has 0 spiro atoms. The van der Waals surface area contributed by atoms with Gasteiger partial charge in [0.25, 0.3) is 5.91 Å². The van der Waals surface area contributed by atoms with Gasteiger partial charge in [-0.1, -0.05) is 11.6 Å². The SMILES string of the molecule is COc1cc(Cl)ccc1C(=O)NCCN1CCCC1. The summed E-state index contributed by atoms with van der Waals surface area (Å²) >= 11 is 5.87. The number of likely N-dealkylation sites (tertiary alicyclic amines) is 1. The number of rotatable bonds is 5. The number of ether oxygens (including phenoxy) is 1. The van der Waals surface area contributed by atoms with Crippen molar-refractivity contribution in [3.63, 3.8) is 0 Å². The molecule has 1 aromatic carbocycles. The molecule has 0 aromatic heterocycles. The van der Waals surface area contributed by atoms with Gasteiger partial charge in [-0.25, -0.2) is 0 Å². The molecule has 104 valence electrons. The Hall–Kier alpha value is -1.26. The molecule has 0 unspecified atom stereocenters. The van der Waals surface area contributed by atoms with Crippen molar-refractivity contribution >= 4 is 17.5 Å². The van der Waals surface area contributed by atoms with Crippen molar-refractivity contribution in [1.82, 2.24) is 10.2 Å². The van der Waals surface area contributed by atoms with E-state index < -0.39 is 0 Å². The molecule has 1 aliphatic heterocycles. The maximum Gasteiger partial charge on any atom is 0.255 e. The predicted molar refractivity (Wildman–Crippen MR) is 76.0 cm³/mol. The van der Waals surface area contributed by atoms with Gasteiger partial charge in [0, 0.05) is 18.1 Å². The van der Waals surface area contributed by atoms with Crippen molar-refractivity contribution < 1.29 is 9.53 Å². The van der Waals surface area contributed by atoms with E-state index in [1.54, 1.807) is 18.2 Å². The zero-order chi connectivity index (χ0) is 13.7. The topological polar surface area (TPSA) is 41.6 Å². The molecule has 1 aliphatic rings. The molecule has 1 amide bonds. The third-order valence-electron chi connectivity index (χ3n) is 3.32. The Balaban J connectivity index is 1.88. The molecule has 1 saturated heterocycles. The largest absolute Gasteiger partial charge is 0.496 e. The maximum atomic E-state index is 12.1. The number of halogens is 1. The van der Waals surface area contributed by atoms with Crippen molar-refractivity contribution in [3.8, 4) is 5.75 Å². The van der Waals surface area contributed by atoms with Crippen LogP contribution in [0.5, 0.6) is 5.75 Å². The number of amides is 1. The number of hydrogen-bond donors (Lipinski definition) is 1. The predicted octanol–water partition coefficient (Wildman–Crippen LogP) is 2.17. The van der Waals surface area contributed by atoms with Crippen LogP contribution >= 0.6 is 11.6 Å². The Morgan fingerprint density at radius 1 is 1.42 bits per heavy atom. The summed E-state index contributed by atoms with van der Waals surface area (Å²) in [6.07, 6.45) is 2.53. The summed E-state index contributed by atoms with van der Waals surface area (Å²) < 4.78 is 5.17. The van der Waals surface area contributed by atoms with Gasteiger partial charge in [-0.05, 0) is 44.1 Å². The van der Waals surface area contributed by atoms with E-state index in [9.17, 15) is 4.79 Å². The summed E-state index contributed by atoms with van der Waals surface area (Å²) in [6, 6.07) is 5.03. The third-order valence-corrected chi connectivity index (χ3v) is 3.56. The molecule has 0 bridgehead atoms. The number of carbonyl (C=O) groups is 1. The highest BCUT2D eigenvalue weighted by molar-refractivity contribution is 6.30. The minimum atomic E-state index is -0.118. The molecule has 4 nitrogen and oxygen atoms in total. The van der Waals surface area contributed by atoms with Gasteiger partial charge in [0.2, 0.25) is 0 Å². The second-order valence-corrected chi connectivity index (χ2v) is 5.09. The second kappa shape index (κ2) is 6.78. The molecule has 0 aliphatic carbocycles. The van der Waals surface area contributed by atoms with Gasteiger partial charge in [-0.15, -0.1) is 0 Å². The summed E-state index contributed by atoms with van der Waals surface area (Å²) in [7, 11) is 1.53. The van der Waals surface area contributed by atoms with Gasteiger partial charge in [-0.3, -0.25) is 4.79 Å². The lowest BCUT2D eigenvalue weighted by Crippen LogP contribution is -2.33. The van der Waals surface area contributed by atoms with Crippen LogP contribution < -0.4 is 10.1 Å². The van der Waals surface area contributed by atoms with Crippen molar-refractivity contribution in [1.29, 1.82) is 0 Å². The fourth-order valence-electron chi connectivity index (χ4n) is 2.28. The summed E-state index contributed by atoms with van der Waals surface area (Å²) in [5.41, 5.74) is 0.522. The molecule has 1 heterocycles. The van der Waals surface area contributed by atoms with Crippen LogP contribution in [-0.4, -0.2) is 44.1 Å². The zero-order valence-electron chi connectivity index (χ0n) is 11.1. The maximum absolute atomic E-state index is 12.1. The lowest BCUT2D eigenvalue weighted by molar-refractivity contribution is 0.0947. The van der Waals surface area contributed by atoms with E-state index >= 15 is 0 Å². The van der Waals surface area contributed by atoms with Gasteiger partial charge in [0.05, 0.1) is 12.7 Å². The molecule has 0 saturated carbocycles. The summed E-state index contributed by atoms with van der Waals surface area (Å²) in [4.78, 5) is 14.4. The highest BCUT2D eigenvalue weighted by atomic mass is 35.5. The van der Waals surface area contributed by atoms with Crippen molar-refractivity contribution in [2.75, 3.05) is 33.3 Å². The molecule has 1 fully saturated rings. The first kappa shape index (κ1) is 14.2. The molecule has 2 rings (SSSR count). The highest BCUT2D eigenvalue weighted by Gasteiger charge is 2.14. The van der Waals surface area contributed by atoms with Crippen molar-refractivity contribution in [3.05, 3.63) is 28.8 Å². The van der Waals surface area contributed by atoms with Crippen LogP contribution in [0.15, 0.2) is 18.2 Å². The lowest BCUT2D eigenvalue weighted by atomic mass is 10.2. The minimum Gasteiger partial charge on any atom is -0.496 e. The van der Waals surface area contributed by atoms with Crippen LogP contribution in [0.3, 0.4) is 0 Å². The normalized spacial score (nSPS) is 15.5. The van der Waals surface area contributed by atoms with Gasteiger partial charge >= 0.3 is 0 Å². The third kappa shape index (κ3) is 3.85. The number of hydrogen-bond acceptors (Lipinski definition) is 3. The molecular formula is C14H19ClN2O2. The van der Waals surface area contributed by atoms with Crippen LogP contribution in [0.1, 0.15) is 23.2 Å². The summed E-state index contributed by atoms with van der Waals surface area (Å²) in [6.45, 7) is 3.84. The Kier molecular flexibility index (Phi) is 5.05. The van der Waals surface area contributed by atoms with E-state index in [0.29, 0.717) is 22.9 Å². The molecule has 1 N–H and O–H groups in total. The smallest absolute Gasteiger partial charge is 0.255 e. The van der Waals surface area contributed by atoms with Crippen molar-refractivity contribution in [2.45, 2.75) is 12.8 Å². The van der Waals surface area contributed by atoms with Gasteiger partial charge < -0.3 is 15.0 Å². The first-order valence-electron chi connectivity index (χ1n) is 6.55. The van der Waals surface area contributed by atoms with Gasteiger partial charge in [0.15, 0.2) is 0 Å². The number of nitrogens with zero attached hydrogens (tertiary/aromatic N) is 1. The number of nitrogens with one attached hydrogen (secondary N) is 1. The van der Waals surface area contributed by atoms with Gasteiger partial charge in [0.1, 0.15) is 5.75 Å². The standard InChI is InChI=1S/C14H19ClN2O2/c1-19-13-10-11(15)4-5-12(13)14(18)16-6-9-17-7-2-3-8-17/h4-5,10H,2-3,6-9H2,1H3,(H,16,18).